The van der Waals surface area contributed by atoms with Gasteiger partial charge >= 0.3 is 0 Å². The third-order valence-corrected chi connectivity index (χ3v) is 5.12. The lowest BCUT2D eigenvalue weighted by Gasteiger charge is -2.05. The van der Waals surface area contributed by atoms with Gasteiger partial charge in [0, 0.05) is 16.7 Å². The highest BCUT2D eigenvalue weighted by molar-refractivity contribution is 7.19. The lowest BCUT2D eigenvalue weighted by atomic mass is 10.1. The number of amides is 1. The average molecular weight is 392 g/mol. The van der Waals surface area contributed by atoms with Crippen LogP contribution in [0.1, 0.15) is 10.4 Å². The standard InChI is InChI=1S/C22H14F2N2OS/c23-17-10-6-14(7-11-17)19-22(26-20(27)15-8-12-18(24)13-9-15)28-21(25-19)16-4-2-1-3-5-16/h1-13H,(H,26,27). The van der Waals surface area contributed by atoms with Crippen molar-refractivity contribution in [3.63, 3.8) is 0 Å². The Bertz CT molecular complexity index is 1110. The summed E-state index contributed by atoms with van der Waals surface area (Å²) < 4.78 is 26.4. The van der Waals surface area contributed by atoms with Gasteiger partial charge in [-0.1, -0.05) is 41.7 Å². The number of rotatable bonds is 4. The van der Waals surface area contributed by atoms with E-state index in [1.165, 1.54) is 47.7 Å². The highest BCUT2D eigenvalue weighted by atomic mass is 32.1. The average Bonchev–Trinajstić information content (AvgIpc) is 3.13. The summed E-state index contributed by atoms with van der Waals surface area (Å²) in [6.07, 6.45) is 0. The number of halogens is 2. The molecule has 1 amide bonds. The predicted molar refractivity (Wildman–Crippen MR) is 107 cm³/mol. The van der Waals surface area contributed by atoms with Crippen LogP contribution < -0.4 is 5.32 Å². The quantitative estimate of drug-likeness (QED) is 0.462. The fraction of sp³-hybridized carbons (Fsp3) is 0. The van der Waals surface area contributed by atoms with Gasteiger partial charge in [-0.2, -0.15) is 0 Å². The maximum absolute atomic E-state index is 13.3. The highest BCUT2D eigenvalue weighted by Crippen LogP contribution is 2.38. The molecule has 0 bridgehead atoms. The van der Waals surface area contributed by atoms with Gasteiger partial charge in [0.15, 0.2) is 0 Å². The molecule has 3 nitrogen and oxygen atoms in total. The van der Waals surface area contributed by atoms with Crippen LogP contribution in [0.3, 0.4) is 0 Å². The maximum Gasteiger partial charge on any atom is 0.256 e. The van der Waals surface area contributed by atoms with Crippen LogP contribution in [0.25, 0.3) is 21.8 Å². The van der Waals surface area contributed by atoms with Crippen LogP contribution in [-0.4, -0.2) is 10.9 Å². The van der Waals surface area contributed by atoms with Crippen LogP contribution >= 0.6 is 11.3 Å². The van der Waals surface area contributed by atoms with Crippen LogP contribution in [-0.2, 0) is 0 Å². The zero-order chi connectivity index (χ0) is 19.5. The number of anilines is 1. The molecule has 0 aliphatic rings. The van der Waals surface area contributed by atoms with Gasteiger partial charge in [0.2, 0.25) is 0 Å². The van der Waals surface area contributed by atoms with Gasteiger partial charge in [0.1, 0.15) is 27.3 Å². The van der Waals surface area contributed by atoms with E-state index in [9.17, 15) is 13.6 Å². The molecule has 0 spiro atoms. The minimum atomic E-state index is -0.410. The van der Waals surface area contributed by atoms with E-state index in [-0.39, 0.29) is 11.7 Å². The molecule has 0 saturated heterocycles. The number of thiazole rings is 1. The molecule has 0 aliphatic heterocycles. The molecular formula is C22H14F2N2OS. The summed E-state index contributed by atoms with van der Waals surface area (Å²) in [5, 5.41) is 4.12. The molecular weight excluding hydrogens is 378 g/mol. The first-order chi connectivity index (χ1) is 13.6. The Labute approximate surface area is 164 Å². The zero-order valence-corrected chi connectivity index (χ0v) is 15.3. The Hall–Kier alpha value is -3.38. The van der Waals surface area contributed by atoms with Gasteiger partial charge in [-0.25, -0.2) is 13.8 Å². The van der Waals surface area contributed by atoms with Crippen LogP contribution in [0.15, 0.2) is 78.9 Å². The molecule has 1 heterocycles. The van der Waals surface area contributed by atoms with E-state index in [1.54, 1.807) is 12.1 Å². The molecule has 4 rings (SSSR count). The Morgan fingerprint density at radius 1 is 0.786 bits per heavy atom. The summed E-state index contributed by atoms with van der Waals surface area (Å²) in [4.78, 5) is 17.3. The van der Waals surface area contributed by atoms with Crippen LogP contribution in [0, 0.1) is 11.6 Å². The maximum atomic E-state index is 13.3. The van der Waals surface area contributed by atoms with Crippen molar-refractivity contribution < 1.29 is 13.6 Å². The van der Waals surface area contributed by atoms with Crippen molar-refractivity contribution in [1.82, 2.24) is 4.98 Å². The largest absolute Gasteiger partial charge is 0.312 e. The van der Waals surface area contributed by atoms with E-state index in [0.717, 1.165) is 10.6 Å². The van der Waals surface area contributed by atoms with Crippen molar-refractivity contribution in [3.05, 3.63) is 96.1 Å². The number of nitrogens with one attached hydrogen (secondary N) is 1. The van der Waals surface area contributed by atoms with Crippen molar-refractivity contribution in [2.24, 2.45) is 0 Å². The van der Waals surface area contributed by atoms with Crippen LogP contribution in [0.2, 0.25) is 0 Å². The number of nitrogens with zero attached hydrogens (tertiary/aromatic N) is 1. The first-order valence-corrected chi connectivity index (χ1v) is 9.31. The second kappa shape index (κ2) is 7.70. The van der Waals surface area contributed by atoms with E-state index in [0.29, 0.717) is 21.8 Å². The van der Waals surface area contributed by atoms with Gasteiger partial charge in [0.05, 0.1) is 0 Å². The molecule has 138 valence electrons. The molecule has 0 saturated carbocycles. The summed E-state index contributed by atoms with van der Waals surface area (Å²) in [6.45, 7) is 0. The summed E-state index contributed by atoms with van der Waals surface area (Å²) in [6, 6.07) is 20.8. The molecule has 0 atom stereocenters. The van der Waals surface area contributed by atoms with Gasteiger partial charge in [-0.15, -0.1) is 0 Å². The molecule has 0 unspecified atom stereocenters. The number of carbonyl (C=O) groups is 1. The van der Waals surface area contributed by atoms with E-state index in [2.05, 4.69) is 10.3 Å². The summed E-state index contributed by atoms with van der Waals surface area (Å²) in [5.41, 5.74) is 2.49. The monoisotopic (exact) mass is 392 g/mol. The highest BCUT2D eigenvalue weighted by Gasteiger charge is 2.17. The number of carbonyl (C=O) groups excluding carboxylic acids is 1. The Morgan fingerprint density at radius 3 is 2.04 bits per heavy atom. The molecule has 6 heteroatoms. The van der Waals surface area contributed by atoms with Crippen LogP contribution in [0.5, 0.6) is 0 Å². The molecule has 0 radical (unpaired) electrons. The minimum absolute atomic E-state index is 0.334. The van der Waals surface area contributed by atoms with Gasteiger partial charge in [-0.05, 0) is 48.5 Å². The first-order valence-electron chi connectivity index (χ1n) is 8.49. The fourth-order valence-electron chi connectivity index (χ4n) is 2.69. The SMILES string of the molecule is O=C(Nc1sc(-c2ccccc2)nc1-c1ccc(F)cc1)c1ccc(F)cc1. The minimum Gasteiger partial charge on any atom is -0.312 e. The summed E-state index contributed by atoms with van der Waals surface area (Å²) >= 11 is 1.33. The first kappa shape index (κ1) is 18.0. The second-order valence-electron chi connectivity index (χ2n) is 6.03. The van der Waals surface area contributed by atoms with E-state index in [1.807, 2.05) is 30.3 Å². The lowest BCUT2D eigenvalue weighted by molar-refractivity contribution is 0.102. The third-order valence-electron chi connectivity index (χ3n) is 4.10. The molecule has 0 fully saturated rings. The molecule has 28 heavy (non-hydrogen) atoms. The fourth-order valence-corrected chi connectivity index (χ4v) is 3.68. The smallest absolute Gasteiger partial charge is 0.256 e. The van der Waals surface area contributed by atoms with E-state index >= 15 is 0 Å². The van der Waals surface area contributed by atoms with Crippen molar-refractivity contribution >= 4 is 22.2 Å². The predicted octanol–water partition coefficient (Wildman–Crippen LogP) is 6.01. The number of aromatic nitrogens is 1. The van der Waals surface area contributed by atoms with E-state index in [4.69, 9.17) is 0 Å². The molecule has 3 aromatic carbocycles. The summed E-state index contributed by atoms with van der Waals surface area (Å²) in [5.74, 6) is -1.13. The Kier molecular flexibility index (Phi) is 4.95. The third kappa shape index (κ3) is 3.82. The second-order valence-corrected chi connectivity index (χ2v) is 7.03. The van der Waals surface area contributed by atoms with Crippen LogP contribution in [0.4, 0.5) is 13.8 Å². The van der Waals surface area contributed by atoms with E-state index < -0.39 is 5.82 Å². The van der Waals surface area contributed by atoms with Crippen molar-refractivity contribution in [2.45, 2.75) is 0 Å². The van der Waals surface area contributed by atoms with Gasteiger partial charge in [0.25, 0.3) is 5.91 Å². The number of benzene rings is 3. The Morgan fingerprint density at radius 2 is 1.39 bits per heavy atom. The van der Waals surface area contributed by atoms with Crippen molar-refractivity contribution in [3.8, 4) is 21.8 Å². The zero-order valence-electron chi connectivity index (χ0n) is 14.5. The van der Waals surface area contributed by atoms with Gasteiger partial charge in [-0.3, -0.25) is 4.79 Å². The molecule has 1 N–H and O–H groups in total. The molecule has 4 aromatic rings. The number of hydrogen-bond acceptors (Lipinski definition) is 3. The molecule has 1 aromatic heterocycles. The van der Waals surface area contributed by atoms with Crippen molar-refractivity contribution in [1.29, 1.82) is 0 Å². The topological polar surface area (TPSA) is 42.0 Å². The summed E-state index contributed by atoms with van der Waals surface area (Å²) in [7, 11) is 0. The number of hydrogen-bond donors (Lipinski definition) is 1. The lowest BCUT2D eigenvalue weighted by Crippen LogP contribution is -2.11. The van der Waals surface area contributed by atoms with Gasteiger partial charge < -0.3 is 5.32 Å². The normalized spacial score (nSPS) is 10.6. The Balaban J connectivity index is 1.73. The molecule has 0 aliphatic carbocycles. The van der Waals surface area contributed by atoms with Crippen molar-refractivity contribution in [2.75, 3.05) is 5.32 Å².